The van der Waals surface area contributed by atoms with Crippen molar-refractivity contribution < 1.29 is 0 Å². The van der Waals surface area contributed by atoms with Crippen LogP contribution in [0.25, 0.3) is 133 Å². The highest BCUT2D eigenvalue weighted by atomic mass is 15.1. The Hall–Kier alpha value is -14.1. The predicted molar refractivity (Wildman–Crippen MR) is 449 cm³/mol. The molecule has 0 unspecified atom stereocenters. The van der Waals surface area contributed by atoms with Crippen LogP contribution in [0, 0.1) is 0 Å². The van der Waals surface area contributed by atoms with Crippen LogP contribution in [-0.4, -0.2) is 9.13 Å². The molecule has 0 aliphatic rings. The summed E-state index contributed by atoms with van der Waals surface area (Å²) in [7, 11) is 0. The number of anilines is 6. The smallest absolute Gasteiger partial charge is 0.0547 e. The zero-order chi connectivity index (χ0) is 70.5. The molecule has 500 valence electrons. The third-order valence-corrected chi connectivity index (χ3v) is 20.5. The van der Waals surface area contributed by atoms with Crippen molar-refractivity contribution in [2.45, 2.75) is 0 Å². The second-order valence-electron chi connectivity index (χ2n) is 26.8. The summed E-state index contributed by atoms with van der Waals surface area (Å²) >= 11 is 0. The van der Waals surface area contributed by atoms with Gasteiger partial charge < -0.3 is 18.9 Å². The number of fused-ring (bicyclic) bond motifs is 6. The maximum absolute atomic E-state index is 2.40. The Kier molecular flexibility index (Phi) is 17.4. The molecule has 0 aliphatic carbocycles. The Labute approximate surface area is 618 Å². The lowest BCUT2D eigenvalue weighted by molar-refractivity contribution is 1.18. The molecule has 4 nitrogen and oxygen atoms in total. The van der Waals surface area contributed by atoms with Crippen molar-refractivity contribution in [3.05, 3.63) is 437 Å². The third-order valence-electron chi connectivity index (χ3n) is 20.5. The van der Waals surface area contributed by atoms with Crippen LogP contribution >= 0.6 is 0 Å². The summed E-state index contributed by atoms with van der Waals surface area (Å²) < 4.78 is 4.76. The van der Waals surface area contributed by atoms with Crippen LogP contribution < -0.4 is 9.80 Å². The first kappa shape index (κ1) is 64.1. The minimum atomic E-state index is 1.10. The van der Waals surface area contributed by atoms with E-state index in [0.29, 0.717) is 0 Å². The minimum absolute atomic E-state index is 1.10. The molecule has 0 radical (unpaired) electrons. The van der Waals surface area contributed by atoms with E-state index in [4.69, 9.17) is 0 Å². The lowest BCUT2D eigenvalue weighted by Gasteiger charge is -2.26. The molecule has 17 aromatic carbocycles. The van der Waals surface area contributed by atoms with Crippen LogP contribution in [0.5, 0.6) is 0 Å². The molecule has 19 rings (SSSR count). The third kappa shape index (κ3) is 12.8. The van der Waals surface area contributed by atoms with Crippen LogP contribution in [0.15, 0.2) is 437 Å². The summed E-state index contributed by atoms with van der Waals surface area (Å²) in [6.45, 7) is 0. The Morgan fingerprint density at radius 1 is 0.132 bits per heavy atom. The van der Waals surface area contributed by atoms with E-state index in [-0.39, 0.29) is 0 Å². The second kappa shape index (κ2) is 28.8. The first-order chi connectivity index (χ1) is 52.6. The Balaban J connectivity index is 0.000000151. The molecular weight excluding hydrogens is 1280 g/mol. The topological polar surface area (TPSA) is 16.3 Å². The van der Waals surface area contributed by atoms with Gasteiger partial charge in [-0.15, -0.1) is 0 Å². The van der Waals surface area contributed by atoms with E-state index in [2.05, 4.69) is 456 Å². The molecule has 4 heteroatoms. The molecule has 0 amide bonds. The maximum atomic E-state index is 2.40. The molecule has 0 bridgehead atoms. The van der Waals surface area contributed by atoms with Gasteiger partial charge in [-0.1, -0.05) is 315 Å². The molecule has 0 N–H and O–H groups in total. The van der Waals surface area contributed by atoms with Gasteiger partial charge in [0.25, 0.3) is 0 Å². The van der Waals surface area contributed by atoms with Crippen molar-refractivity contribution in [1.82, 2.24) is 9.13 Å². The molecule has 106 heavy (non-hydrogen) atoms. The van der Waals surface area contributed by atoms with E-state index in [1.54, 1.807) is 0 Å². The summed E-state index contributed by atoms with van der Waals surface area (Å²) in [5.41, 5.74) is 30.6. The van der Waals surface area contributed by atoms with Gasteiger partial charge in [-0.3, -0.25) is 0 Å². The van der Waals surface area contributed by atoms with Gasteiger partial charge in [0.1, 0.15) is 0 Å². The Bertz CT molecular complexity index is 5980. The molecule has 0 saturated carbocycles. The standard InChI is InChI=1S/C54H38N2.C48H34N2/c1-4-12-39(13-5-1)42-20-29-47(30-21-42)55(48-31-22-43(23-32-48)40-14-6-2-7-15-40)49-33-24-44(25-34-49)45-26-35-50(36-27-45)56-53-19-11-10-18-51(53)52-37-28-46(38-54(52)56)41-16-8-3-9-17-41;1-3-11-35(12-4-1)37-19-27-41(28-20-37)49(42-29-21-38(22-30-42)36-13-5-2-6-14-36)43-31-23-39(24-32-43)40-25-33-44(34-26-40)50-47-17-9-7-15-45(47)46-16-8-10-18-48(46)50/h1-38H;1-34H. The van der Waals surface area contributed by atoms with E-state index in [1.165, 1.54) is 122 Å². The SMILES string of the molecule is c1ccc(-c2ccc(N(c3ccc(-c4ccccc4)cc3)c3ccc(-c4ccc(-n5c6ccccc6c6ccc(-c7ccccc7)cc65)cc4)cc3)cc2)cc1.c1ccc(-c2ccc(N(c3ccc(-c4ccccc4)cc3)c3ccc(-c4ccc(-n5c6ccccc6c6ccccc65)cc4)cc3)cc2)cc1. The monoisotopic (exact) mass is 1350 g/mol. The molecule has 2 aromatic heterocycles. The summed E-state index contributed by atoms with van der Waals surface area (Å²) in [4.78, 5) is 4.67. The average molecular weight is 1350 g/mol. The van der Waals surface area contributed by atoms with Crippen molar-refractivity contribution in [2.75, 3.05) is 9.80 Å². The van der Waals surface area contributed by atoms with Gasteiger partial charge in [-0.05, 0) is 199 Å². The number of aromatic nitrogens is 2. The summed E-state index contributed by atoms with van der Waals surface area (Å²) in [6.07, 6.45) is 0. The summed E-state index contributed by atoms with van der Waals surface area (Å²) in [5, 5.41) is 5.07. The van der Waals surface area contributed by atoms with Gasteiger partial charge in [-0.25, -0.2) is 0 Å². The van der Waals surface area contributed by atoms with Crippen LogP contribution in [0.1, 0.15) is 0 Å². The number of hydrogen-bond acceptors (Lipinski definition) is 2. The van der Waals surface area contributed by atoms with Crippen molar-refractivity contribution in [3.63, 3.8) is 0 Å². The molecule has 0 atom stereocenters. The number of para-hydroxylation sites is 3. The highest BCUT2D eigenvalue weighted by Gasteiger charge is 2.19. The van der Waals surface area contributed by atoms with Crippen LogP contribution in [0.4, 0.5) is 34.1 Å². The average Bonchev–Trinajstić information content (AvgIpc) is 1.61. The number of rotatable bonds is 15. The molecule has 0 spiro atoms. The lowest BCUT2D eigenvalue weighted by atomic mass is 10.0. The maximum Gasteiger partial charge on any atom is 0.0547 e. The molecular formula is C102H72N4. The van der Waals surface area contributed by atoms with Crippen molar-refractivity contribution in [1.29, 1.82) is 0 Å². The van der Waals surface area contributed by atoms with Gasteiger partial charge in [0.15, 0.2) is 0 Å². The fraction of sp³-hybridized carbons (Fsp3) is 0. The van der Waals surface area contributed by atoms with Crippen molar-refractivity contribution >= 4 is 77.7 Å². The predicted octanol–water partition coefficient (Wildman–Crippen LogP) is 28.2. The second-order valence-corrected chi connectivity index (χ2v) is 26.8. The highest BCUT2D eigenvalue weighted by molar-refractivity contribution is 6.11. The van der Waals surface area contributed by atoms with E-state index >= 15 is 0 Å². The lowest BCUT2D eigenvalue weighted by Crippen LogP contribution is -2.09. The van der Waals surface area contributed by atoms with Gasteiger partial charge in [0.2, 0.25) is 0 Å². The quantitative estimate of drug-likeness (QED) is 0.102. The molecule has 0 saturated heterocycles. The van der Waals surface area contributed by atoms with Gasteiger partial charge in [0, 0.05) is 67.0 Å². The number of benzene rings is 17. The normalized spacial score (nSPS) is 11.2. The van der Waals surface area contributed by atoms with Gasteiger partial charge >= 0.3 is 0 Å². The number of hydrogen-bond donors (Lipinski definition) is 0. The zero-order valence-corrected chi connectivity index (χ0v) is 58.4. The largest absolute Gasteiger partial charge is 0.311 e. The van der Waals surface area contributed by atoms with E-state index in [9.17, 15) is 0 Å². The van der Waals surface area contributed by atoms with Crippen LogP contribution in [-0.2, 0) is 0 Å². The minimum Gasteiger partial charge on any atom is -0.311 e. The first-order valence-electron chi connectivity index (χ1n) is 36.3. The molecule has 2 heterocycles. The van der Waals surface area contributed by atoms with Gasteiger partial charge in [0.05, 0.1) is 22.1 Å². The van der Waals surface area contributed by atoms with E-state index in [0.717, 1.165) is 45.5 Å². The van der Waals surface area contributed by atoms with E-state index in [1.807, 2.05) is 0 Å². The first-order valence-corrected chi connectivity index (χ1v) is 36.3. The molecule has 19 aromatic rings. The summed E-state index contributed by atoms with van der Waals surface area (Å²) in [6, 6.07) is 157. The van der Waals surface area contributed by atoms with Crippen molar-refractivity contribution in [2.24, 2.45) is 0 Å². The van der Waals surface area contributed by atoms with E-state index < -0.39 is 0 Å². The molecule has 0 fully saturated rings. The zero-order valence-electron chi connectivity index (χ0n) is 58.4. The highest BCUT2D eigenvalue weighted by Crippen LogP contribution is 2.42. The molecule has 0 aliphatic heterocycles. The fourth-order valence-corrected chi connectivity index (χ4v) is 15.1. The van der Waals surface area contributed by atoms with Crippen molar-refractivity contribution in [3.8, 4) is 89.3 Å². The van der Waals surface area contributed by atoms with Gasteiger partial charge in [-0.2, -0.15) is 0 Å². The summed E-state index contributed by atoms with van der Waals surface area (Å²) in [5.74, 6) is 0. The van der Waals surface area contributed by atoms with Crippen LogP contribution in [0.3, 0.4) is 0 Å². The van der Waals surface area contributed by atoms with Crippen LogP contribution in [0.2, 0.25) is 0 Å². The Morgan fingerprint density at radius 2 is 0.311 bits per heavy atom. The fourth-order valence-electron chi connectivity index (χ4n) is 15.1. The Morgan fingerprint density at radius 3 is 0.566 bits per heavy atom. The number of nitrogens with zero attached hydrogens (tertiary/aromatic N) is 4.